The second-order valence-corrected chi connectivity index (χ2v) is 6.41. The average Bonchev–Trinajstić information content (AvgIpc) is 2.62. The summed E-state index contributed by atoms with van der Waals surface area (Å²) in [5, 5.41) is 2.87. The molecule has 1 atom stereocenters. The van der Waals surface area contributed by atoms with Crippen molar-refractivity contribution in [2.45, 2.75) is 32.9 Å². The minimum atomic E-state index is -0.370. The van der Waals surface area contributed by atoms with Crippen LogP contribution in [-0.2, 0) is 16.1 Å². The van der Waals surface area contributed by atoms with Crippen molar-refractivity contribution in [2.75, 3.05) is 14.2 Å². The molecule has 0 aliphatic carbocycles. The molecular formula is C21H26N2O3. The van der Waals surface area contributed by atoms with Gasteiger partial charge in [0.1, 0.15) is 5.75 Å². The highest BCUT2D eigenvalue weighted by molar-refractivity contribution is 5.79. The molecular weight excluding hydrogens is 328 g/mol. The van der Waals surface area contributed by atoms with Crippen LogP contribution in [-0.4, -0.2) is 30.9 Å². The first-order chi connectivity index (χ1) is 12.4. The Morgan fingerprint density at radius 2 is 1.77 bits per heavy atom. The zero-order chi connectivity index (χ0) is 19.1. The van der Waals surface area contributed by atoms with Crippen molar-refractivity contribution in [1.29, 1.82) is 0 Å². The van der Waals surface area contributed by atoms with Crippen LogP contribution in [0.25, 0.3) is 0 Å². The molecule has 1 unspecified atom stereocenters. The summed E-state index contributed by atoms with van der Waals surface area (Å²) in [6.07, 6.45) is 0.203. The van der Waals surface area contributed by atoms with Crippen molar-refractivity contribution >= 4 is 11.8 Å². The Kier molecular flexibility index (Phi) is 6.78. The van der Waals surface area contributed by atoms with Gasteiger partial charge in [0.15, 0.2) is 0 Å². The third-order valence-corrected chi connectivity index (χ3v) is 4.37. The van der Waals surface area contributed by atoms with Gasteiger partial charge in [-0.2, -0.15) is 0 Å². The average molecular weight is 354 g/mol. The van der Waals surface area contributed by atoms with Crippen molar-refractivity contribution < 1.29 is 14.3 Å². The largest absolute Gasteiger partial charge is 0.497 e. The van der Waals surface area contributed by atoms with Gasteiger partial charge >= 0.3 is 0 Å². The molecule has 26 heavy (non-hydrogen) atoms. The van der Waals surface area contributed by atoms with E-state index < -0.39 is 0 Å². The van der Waals surface area contributed by atoms with E-state index in [1.807, 2.05) is 55.5 Å². The number of methoxy groups -OCH3 is 1. The van der Waals surface area contributed by atoms with Crippen molar-refractivity contribution in [3.8, 4) is 5.75 Å². The van der Waals surface area contributed by atoms with Gasteiger partial charge in [0, 0.05) is 20.5 Å². The number of carbonyl (C=O) groups excluding carboxylic acids is 2. The molecule has 0 bridgehead atoms. The molecule has 5 heteroatoms. The molecule has 138 valence electrons. The van der Waals surface area contributed by atoms with Gasteiger partial charge in [-0.3, -0.25) is 9.59 Å². The smallest absolute Gasteiger partial charge is 0.225 e. The van der Waals surface area contributed by atoms with Crippen LogP contribution < -0.4 is 10.1 Å². The fourth-order valence-electron chi connectivity index (χ4n) is 2.80. The number of nitrogens with one attached hydrogen (secondary N) is 1. The fraction of sp³-hybridized carbons (Fsp3) is 0.333. The highest BCUT2D eigenvalue weighted by atomic mass is 16.5. The minimum Gasteiger partial charge on any atom is -0.497 e. The zero-order valence-electron chi connectivity index (χ0n) is 15.8. The van der Waals surface area contributed by atoms with E-state index in [1.54, 1.807) is 19.1 Å². The van der Waals surface area contributed by atoms with Crippen molar-refractivity contribution in [3.05, 3.63) is 65.2 Å². The van der Waals surface area contributed by atoms with E-state index in [1.165, 1.54) is 6.92 Å². The van der Waals surface area contributed by atoms with E-state index >= 15 is 0 Å². The summed E-state index contributed by atoms with van der Waals surface area (Å²) in [6, 6.07) is 15.0. The maximum Gasteiger partial charge on any atom is 0.225 e. The summed E-state index contributed by atoms with van der Waals surface area (Å²) in [5.41, 5.74) is 3.14. The monoisotopic (exact) mass is 354 g/mol. The molecule has 0 heterocycles. The second-order valence-electron chi connectivity index (χ2n) is 6.41. The molecule has 2 aromatic carbocycles. The number of rotatable bonds is 7. The molecule has 0 aliphatic rings. The number of ether oxygens (including phenoxy) is 1. The lowest BCUT2D eigenvalue weighted by Gasteiger charge is -2.23. The molecule has 0 aromatic heterocycles. The van der Waals surface area contributed by atoms with E-state index in [-0.39, 0.29) is 24.3 Å². The summed E-state index contributed by atoms with van der Waals surface area (Å²) < 4.78 is 5.16. The predicted octanol–water partition coefficient (Wildman–Crippen LogP) is 3.23. The Bertz CT molecular complexity index is 756. The number of hydrogen-bond acceptors (Lipinski definition) is 3. The van der Waals surface area contributed by atoms with Crippen LogP contribution in [0.4, 0.5) is 0 Å². The van der Waals surface area contributed by atoms with E-state index in [2.05, 4.69) is 5.32 Å². The molecule has 5 nitrogen and oxygen atoms in total. The molecule has 2 rings (SSSR count). The molecule has 1 N–H and O–H groups in total. The number of aryl methyl sites for hydroxylation is 1. The molecule has 0 radical (unpaired) electrons. The second kappa shape index (κ2) is 9.04. The fourth-order valence-corrected chi connectivity index (χ4v) is 2.80. The van der Waals surface area contributed by atoms with Crippen LogP contribution in [0.15, 0.2) is 48.5 Å². The lowest BCUT2D eigenvalue weighted by molar-refractivity contribution is -0.131. The number of carbonyl (C=O) groups is 2. The SMILES string of the molecule is COc1ccc(C(CC(=O)N(C)Cc2ccccc2C)NC(C)=O)cc1. The van der Waals surface area contributed by atoms with Gasteiger partial charge < -0.3 is 15.0 Å². The summed E-state index contributed by atoms with van der Waals surface area (Å²) in [6.45, 7) is 4.03. The Morgan fingerprint density at radius 3 is 2.35 bits per heavy atom. The van der Waals surface area contributed by atoms with Crippen LogP contribution >= 0.6 is 0 Å². The van der Waals surface area contributed by atoms with E-state index in [4.69, 9.17) is 4.74 Å². The van der Waals surface area contributed by atoms with Crippen LogP contribution in [0.2, 0.25) is 0 Å². The maximum absolute atomic E-state index is 12.7. The highest BCUT2D eigenvalue weighted by Gasteiger charge is 2.20. The minimum absolute atomic E-state index is 0.0252. The summed E-state index contributed by atoms with van der Waals surface area (Å²) >= 11 is 0. The quantitative estimate of drug-likeness (QED) is 0.830. The van der Waals surface area contributed by atoms with Gasteiger partial charge in [-0.05, 0) is 35.7 Å². The van der Waals surface area contributed by atoms with Crippen LogP contribution in [0.3, 0.4) is 0 Å². The molecule has 0 fully saturated rings. The van der Waals surface area contributed by atoms with Crippen molar-refractivity contribution in [1.82, 2.24) is 10.2 Å². The molecule has 2 amide bonds. The molecule has 0 aliphatic heterocycles. The lowest BCUT2D eigenvalue weighted by Crippen LogP contribution is -2.33. The van der Waals surface area contributed by atoms with Gasteiger partial charge in [-0.15, -0.1) is 0 Å². The Balaban J connectivity index is 2.09. The highest BCUT2D eigenvalue weighted by Crippen LogP contribution is 2.22. The van der Waals surface area contributed by atoms with Crippen LogP contribution in [0.5, 0.6) is 5.75 Å². The number of nitrogens with zero attached hydrogens (tertiary/aromatic N) is 1. The molecule has 0 saturated heterocycles. The zero-order valence-corrected chi connectivity index (χ0v) is 15.8. The summed E-state index contributed by atoms with van der Waals surface area (Å²) in [7, 11) is 3.39. The van der Waals surface area contributed by atoms with Gasteiger partial charge in [-0.1, -0.05) is 36.4 Å². The Morgan fingerprint density at radius 1 is 1.12 bits per heavy atom. The maximum atomic E-state index is 12.7. The third-order valence-electron chi connectivity index (χ3n) is 4.37. The topological polar surface area (TPSA) is 58.6 Å². The first-order valence-corrected chi connectivity index (χ1v) is 8.60. The van der Waals surface area contributed by atoms with E-state index in [0.717, 1.165) is 22.4 Å². The Labute approximate surface area is 155 Å². The first-order valence-electron chi connectivity index (χ1n) is 8.60. The number of amides is 2. The summed E-state index contributed by atoms with van der Waals surface area (Å²) in [5.74, 6) is 0.543. The molecule has 2 aromatic rings. The first kappa shape index (κ1) is 19.5. The lowest BCUT2D eigenvalue weighted by atomic mass is 10.0. The predicted molar refractivity (Wildman–Crippen MR) is 102 cm³/mol. The van der Waals surface area contributed by atoms with Crippen LogP contribution in [0.1, 0.15) is 36.1 Å². The van der Waals surface area contributed by atoms with E-state index in [9.17, 15) is 9.59 Å². The normalized spacial score (nSPS) is 11.5. The number of hydrogen-bond donors (Lipinski definition) is 1. The van der Waals surface area contributed by atoms with E-state index in [0.29, 0.717) is 6.54 Å². The van der Waals surface area contributed by atoms with Crippen molar-refractivity contribution in [3.63, 3.8) is 0 Å². The van der Waals surface area contributed by atoms with Gasteiger partial charge in [0.2, 0.25) is 11.8 Å². The molecule has 0 saturated carbocycles. The molecule has 0 spiro atoms. The summed E-state index contributed by atoms with van der Waals surface area (Å²) in [4.78, 5) is 26.0. The van der Waals surface area contributed by atoms with Gasteiger partial charge in [0.05, 0.1) is 19.6 Å². The standard InChI is InChI=1S/C21H26N2O3/c1-15-7-5-6-8-18(15)14-23(3)21(25)13-20(22-16(2)24)17-9-11-19(26-4)12-10-17/h5-12,20H,13-14H2,1-4H3,(H,22,24). The third kappa shape index (κ3) is 5.34. The number of benzene rings is 2. The van der Waals surface area contributed by atoms with Gasteiger partial charge in [0.25, 0.3) is 0 Å². The Hall–Kier alpha value is -2.82. The van der Waals surface area contributed by atoms with Crippen molar-refractivity contribution in [2.24, 2.45) is 0 Å². The van der Waals surface area contributed by atoms with Crippen LogP contribution in [0, 0.1) is 6.92 Å². The van der Waals surface area contributed by atoms with Gasteiger partial charge in [-0.25, -0.2) is 0 Å².